The zero-order valence-electron chi connectivity index (χ0n) is 8.55. The Bertz CT molecular complexity index is 424. The maximum atomic E-state index is 6.08. The molecular weight excluding hydrogens is 206 g/mol. The van der Waals surface area contributed by atoms with Crippen LogP contribution >= 0.6 is 11.3 Å². The molecule has 78 valence electrons. The number of hydrogen-bond acceptors (Lipinski definition) is 4. The van der Waals surface area contributed by atoms with E-state index in [0.717, 1.165) is 21.9 Å². The fraction of sp³-hybridized carbons (Fsp3) is 0.273. The molecule has 2 heterocycles. The third-order valence-corrected chi connectivity index (χ3v) is 3.23. The van der Waals surface area contributed by atoms with Gasteiger partial charge in [-0.1, -0.05) is 6.07 Å². The number of thiazole rings is 1. The van der Waals surface area contributed by atoms with Crippen LogP contribution in [0.5, 0.6) is 0 Å². The van der Waals surface area contributed by atoms with Gasteiger partial charge >= 0.3 is 0 Å². The molecule has 2 aromatic heterocycles. The highest BCUT2D eigenvalue weighted by Gasteiger charge is 2.09. The number of nitrogens with two attached hydrogens (primary N) is 1. The van der Waals surface area contributed by atoms with E-state index < -0.39 is 0 Å². The maximum absolute atomic E-state index is 6.08. The molecule has 0 aromatic carbocycles. The third kappa shape index (κ3) is 2.61. The molecule has 0 bridgehead atoms. The van der Waals surface area contributed by atoms with Gasteiger partial charge in [0.1, 0.15) is 0 Å². The minimum absolute atomic E-state index is 0.0281. The Morgan fingerprint density at radius 2 is 2.33 bits per heavy atom. The van der Waals surface area contributed by atoms with Crippen LogP contribution in [-0.4, -0.2) is 9.97 Å². The van der Waals surface area contributed by atoms with Gasteiger partial charge in [-0.3, -0.25) is 4.98 Å². The van der Waals surface area contributed by atoms with Crippen LogP contribution in [0.25, 0.3) is 0 Å². The first-order valence-corrected chi connectivity index (χ1v) is 5.64. The van der Waals surface area contributed by atoms with Crippen LogP contribution in [0.2, 0.25) is 0 Å². The minimum atomic E-state index is 0.0281. The average Bonchev–Trinajstić information content (AvgIpc) is 2.66. The number of hydrogen-bond donors (Lipinski definition) is 1. The van der Waals surface area contributed by atoms with Gasteiger partial charge in [0.05, 0.1) is 5.01 Å². The fourth-order valence-electron chi connectivity index (χ4n) is 1.42. The highest BCUT2D eigenvalue weighted by molar-refractivity contribution is 7.11. The lowest BCUT2D eigenvalue weighted by Crippen LogP contribution is -2.11. The summed E-state index contributed by atoms with van der Waals surface area (Å²) in [7, 11) is 0. The van der Waals surface area contributed by atoms with E-state index in [-0.39, 0.29) is 6.04 Å². The van der Waals surface area contributed by atoms with Gasteiger partial charge in [0, 0.05) is 29.5 Å². The van der Waals surface area contributed by atoms with Crippen LogP contribution in [0, 0.1) is 6.92 Å². The number of nitrogens with zero attached hydrogens (tertiary/aromatic N) is 2. The minimum Gasteiger partial charge on any atom is -0.323 e. The van der Waals surface area contributed by atoms with Crippen molar-refractivity contribution in [1.82, 2.24) is 9.97 Å². The Morgan fingerprint density at radius 3 is 2.93 bits per heavy atom. The molecule has 15 heavy (non-hydrogen) atoms. The smallest absolute Gasteiger partial charge is 0.0897 e. The summed E-state index contributed by atoms with van der Waals surface area (Å²) >= 11 is 1.66. The normalized spacial score (nSPS) is 12.7. The molecule has 2 N–H and O–H groups in total. The molecule has 0 fully saturated rings. The molecule has 0 radical (unpaired) electrons. The van der Waals surface area contributed by atoms with Crippen molar-refractivity contribution in [3.8, 4) is 0 Å². The van der Waals surface area contributed by atoms with Gasteiger partial charge < -0.3 is 5.73 Å². The predicted octanol–water partition coefficient (Wildman–Crippen LogP) is 2.09. The number of rotatable bonds is 3. The molecular formula is C11H13N3S. The van der Waals surface area contributed by atoms with E-state index in [4.69, 9.17) is 5.73 Å². The van der Waals surface area contributed by atoms with Gasteiger partial charge in [-0.05, 0) is 25.0 Å². The molecule has 1 atom stereocenters. The lowest BCUT2D eigenvalue weighted by atomic mass is 10.1. The zero-order chi connectivity index (χ0) is 10.7. The Hall–Kier alpha value is -1.26. The van der Waals surface area contributed by atoms with Crippen molar-refractivity contribution in [2.45, 2.75) is 19.4 Å². The maximum Gasteiger partial charge on any atom is 0.0897 e. The molecule has 0 aliphatic carbocycles. The second-order valence-electron chi connectivity index (χ2n) is 3.45. The average molecular weight is 219 g/mol. The van der Waals surface area contributed by atoms with Crippen LogP contribution in [0.3, 0.4) is 0 Å². The van der Waals surface area contributed by atoms with Gasteiger partial charge in [0.25, 0.3) is 0 Å². The van der Waals surface area contributed by atoms with Crippen molar-refractivity contribution in [2.24, 2.45) is 5.73 Å². The van der Waals surface area contributed by atoms with Crippen molar-refractivity contribution in [1.29, 1.82) is 0 Å². The lowest BCUT2D eigenvalue weighted by molar-refractivity contribution is 0.732. The number of aryl methyl sites for hydroxylation is 1. The molecule has 2 aromatic rings. The monoisotopic (exact) mass is 219 g/mol. The van der Waals surface area contributed by atoms with E-state index in [1.807, 2.05) is 31.5 Å². The summed E-state index contributed by atoms with van der Waals surface area (Å²) in [4.78, 5) is 9.41. The molecule has 0 aliphatic rings. The van der Waals surface area contributed by atoms with E-state index in [9.17, 15) is 0 Å². The molecule has 0 saturated heterocycles. The topological polar surface area (TPSA) is 51.8 Å². The van der Waals surface area contributed by atoms with Crippen LogP contribution < -0.4 is 5.73 Å². The SMILES string of the molecule is Cc1ncc(C(N)Cc2cccnc2)s1. The largest absolute Gasteiger partial charge is 0.323 e. The first kappa shape index (κ1) is 10.3. The van der Waals surface area contributed by atoms with E-state index >= 15 is 0 Å². The summed E-state index contributed by atoms with van der Waals surface area (Å²) in [5.74, 6) is 0. The Morgan fingerprint density at radius 1 is 1.47 bits per heavy atom. The van der Waals surface area contributed by atoms with E-state index in [1.54, 1.807) is 17.5 Å². The van der Waals surface area contributed by atoms with E-state index in [2.05, 4.69) is 9.97 Å². The molecule has 2 rings (SSSR count). The van der Waals surface area contributed by atoms with Crippen molar-refractivity contribution in [3.05, 3.63) is 46.2 Å². The van der Waals surface area contributed by atoms with Gasteiger partial charge in [-0.25, -0.2) is 4.98 Å². The summed E-state index contributed by atoms with van der Waals surface area (Å²) in [6.07, 6.45) is 6.30. The van der Waals surface area contributed by atoms with Crippen molar-refractivity contribution in [3.63, 3.8) is 0 Å². The molecule has 1 unspecified atom stereocenters. The molecule has 0 spiro atoms. The highest BCUT2D eigenvalue weighted by atomic mass is 32.1. The van der Waals surface area contributed by atoms with Gasteiger partial charge in [0.2, 0.25) is 0 Å². The Kier molecular flexibility index (Phi) is 3.08. The lowest BCUT2D eigenvalue weighted by Gasteiger charge is -2.07. The van der Waals surface area contributed by atoms with E-state index in [1.165, 1.54) is 0 Å². The van der Waals surface area contributed by atoms with Crippen LogP contribution in [0.4, 0.5) is 0 Å². The second-order valence-corrected chi connectivity index (χ2v) is 4.72. The van der Waals surface area contributed by atoms with Crippen molar-refractivity contribution in [2.75, 3.05) is 0 Å². The van der Waals surface area contributed by atoms with E-state index in [0.29, 0.717) is 0 Å². The summed E-state index contributed by atoms with van der Waals surface area (Å²) < 4.78 is 0. The molecule has 0 saturated carbocycles. The predicted molar refractivity (Wildman–Crippen MR) is 61.7 cm³/mol. The Balaban J connectivity index is 2.07. The fourth-order valence-corrected chi connectivity index (χ4v) is 2.21. The number of pyridine rings is 1. The second kappa shape index (κ2) is 4.51. The van der Waals surface area contributed by atoms with Crippen LogP contribution in [-0.2, 0) is 6.42 Å². The molecule has 3 nitrogen and oxygen atoms in total. The molecule has 4 heteroatoms. The summed E-state index contributed by atoms with van der Waals surface area (Å²) in [6, 6.07) is 4.00. The summed E-state index contributed by atoms with van der Waals surface area (Å²) in [6.45, 7) is 1.99. The first-order chi connectivity index (χ1) is 7.25. The third-order valence-electron chi connectivity index (χ3n) is 2.18. The Labute approximate surface area is 93.0 Å². The zero-order valence-corrected chi connectivity index (χ0v) is 9.37. The van der Waals surface area contributed by atoms with Crippen LogP contribution in [0.1, 0.15) is 21.5 Å². The van der Waals surface area contributed by atoms with Gasteiger partial charge in [-0.15, -0.1) is 11.3 Å². The summed E-state index contributed by atoms with van der Waals surface area (Å²) in [5, 5.41) is 1.06. The van der Waals surface area contributed by atoms with Crippen LogP contribution in [0.15, 0.2) is 30.7 Å². The number of aromatic nitrogens is 2. The van der Waals surface area contributed by atoms with Gasteiger partial charge in [0.15, 0.2) is 0 Å². The van der Waals surface area contributed by atoms with Crippen molar-refractivity contribution >= 4 is 11.3 Å². The highest BCUT2D eigenvalue weighted by Crippen LogP contribution is 2.21. The first-order valence-electron chi connectivity index (χ1n) is 4.82. The standard InChI is InChI=1S/C11H13N3S/c1-8-14-7-11(15-8)10(12)5-9-3-2-4-13-6-9/h2-4,6-7,10H,5,12H2,1H3. The quantitative estimate of drug-likeness (QED) is 0.860. The van der Waals surface area contributed by atoms with Gasteiger partial charge in [-0.2, -0.15) is 0 Å². The molecule has 0 aliphatic heterocycles. The summed E-state index contributed by atoms with van der Waals surface area (Å²) in [5.41, 5.74) is 7.25. The molecule has 0 amide bonds. The van der Waals surface area contributed by atoms with Crippen molar-refractivity contribution < 1.29 is 0 Å².